The van der Waals surface area contributed by atoms with Gasteiger partial charge in [-0.2, -0.15) is 0 Å². The van der Waals surface area contributed by atoms with Crippen LogP contribution in [0.4, 0.5) is 4.39 Å². The van der Waals surface area contributed by atoms with E-state index in [4.69, 9.17) is 5.11 Å². The zero-order valence-corrected chi connectivity index (χ0v) is 11.9. The summed E-state index contributed by atoms with van der Waals surface area (Å²) < 4.78 is 14.0. The summed E-state index contributed by atoms with van der Waals surface area (Å²) in [5.74, 6) is 0.273. The van der Waals surface area contributed by atoms with E-state index in [0.717, 1.165) is 16.4 Å². The van der Waals surface area contributed by atoms with Crippen molar-refractivity contribution in [1.29, 1.82) is 0 Å². The van der Waals surface area contributed by atoms with Gasteiger partial charge in [-0.15, -0.1) is 16.9 Å². The minimum Gasteiger partial charge on any atom is -0.480 e. The van der Waals surface area contributed by atoms with Gasteiger partial charge in [0.05, 0.1) is 0 Å². The second kappa shape index (κ2) is 7.25. The Morgan fingerprint density at radius 1 is 1.25 bits per heavy atom. The van der Waals surface area contributed by atoms with Crippen molar-refractivity contribution in [2.45, 2.75) is 16.6 Å². The summed E-state index contributed by atoms with van der Waals surface area (Å²) in [4.78, 5) is 11.6. The number of carbonyl (C=O) groups is 1. The summed E-state index contributed by atoms with van der Waals surface area (Å²) in [7, 11) is 0. The first-order chi connectivity index (χ1) is 9.65. The zero-order chi connectivity index (χ0) is 14.4. The quantitative estimate of drug-likeness (QED) is 0.616. The Bertz CT molecular complexity index is 576. The molecule has 1 heterocycles. The van der Waals surface area contributed by atoms with Gasteiger partial charge >= 0.3 is 5.97 Å². The lowest BCUT2D eigenvalue weighted by atomic mass is 10.4. The highest BCUT2D eigenvalue weighted by Gasteiger charge is 2.09. The van der Waals surface area contributed by atoms with E-state index in [1.165, 1.54) is 28.6 Å². The number of halogens is 1. The minimum absolute atomic E-state index is 0.250. The molecule has 1 aromatic heterocycles. The van der Waals surface area contributed by atoms with E-state index in [-0.39, 0.29) is 12.4 Å². The predicted octanol–water partition coefficient (Wildman–Crippen LogP) is 1.78. The van der Waals surface area contributed by atoms with E-state index in [1.54, 1.807) is 23.9 Å². The standard InChI is InChI=1S/C11H11FN4O2S2/c12-8-1-3-9(4-2-8)19-5-6-20-11-13-14-15-16(11)7-10(17)18/h1-4H,5-7H2,(H,17,18). The second-order valence-electron chi connectivity index (χ2n) is 3.66. The molecule has 0 saturated heterocycles. The van der Waals surface area contributed by atoms with Crippen molar-refractivity contribution in [3.63, 3.8) is 0 Å². The summed E-state index contributed by atoms with van der Waals surface area (Å²) in [5, 5.41) is 20.0. The maximum Gasteiger partial charge on any atom is 0.325 e. The van der Waals surface area contributed by atoms with Gasteiger partial charge in [0, 0.05) is 16.4 Å². The molecule has 0 radical (unpaired) electrons. The van der Waals surface area contributed by atoms with E-state index >= 15 is 0 Å². The number of tetrazole rings is 1. The van der Waals surface area contributed by atoms with Crippen molar-refractivity contribution in [2.24, 2.45) is 0 Å². The monoisotopic (exact) mass is 314 g/mol. The van der Waals surface area contributed by atoms with E-state index in [0.29, 0.717) is 5.16 Å². The molecule has 2 rings (SSSR count). The van der Waals surface area contributed by atoms with Gasteiger partial charge in [0.15, 0.2) is 0 Å². The molecular weight excluding hydrogens is 303 g/mol. The third-order valence-electron chi connectivity index (χ3n) is 2.18. The Labute approximate surface area is 122 Å². The van der Waals surface area contributed by atoms with Crippen LogP contribution in [0.1, 0.15) is 0 Å². The van der Waals surface area contributed by atoms with Crippen molar-refractivity contribution in [3.8, 4) is 0 Å². The van der Waals surface area contributed by atoms with Crippen LogP contribution in [0.3, 0.4) is 0 Å². The molecule has 20 heavy (non-hydrogen) atoms. The topological polar surface area (TPSA) is 80.9 Å². The Morgan fingerprint density at radius 3 is 2.65 bits per heavy atom. The molecule has 9 heteroatoms. The number of rotatable bonds is 7. The van der Waals surface area contributed by atoms with E-state index in [2.05, 4.69) is 15.5 Å². The van der Waals surface area contributed by atoms with Crippen LogP contribution in [0.25, 0.3) is 0 Å². The summed E-state index contributed by atoms with van der Waals surface area (Å²) in [6.45, 7) is -0.250. The normalized spacial score (nSPS) is 10.7. The Kier molecular flexibility index (Phi) is 5.36. The summed E-state index contributed by atoms with van der Waals surface area (Å²) in [6, 6.07) is 6.28. The molecule has 0 atom stereocenters. The molecule has 0 bridgehead atoms. The van der Waals surface area contributed by atoms with Crippen LogP contribution >= 0.6 is 23.5 Å². The summed E-state index contributed by atoms with van der Waals surface area (Å²) in [6.07, 6.45) is 0. The van der Waals surface area contributed by atoms with Gasteiger partial charge in [0.1, 0.15) is 12.4 Å². The fourth-order valence-corrected chi connectivity index (χ4v) is 3.11. The molecule has 0 fully saturated rings. The third kappa shape index (κ3) is 4.49. The maximum absolute atomic E-state index is 12.7. The molecule has 6 nitrogen and oxygen atoms in total. The zero-order valence-electron chi connectivity index (χ0n) is 10.3. The van der Waals surface area contributed by atoms with Gasteiger partial charge in [-0.05, 0) is 34.7 Å². The summed E-state index contributed by atoms with van der Waals surface area (Å²) >= 11 is 2.98. The highest BCUT2D eigenvalue weighted by atomic mass is 32.2. The van der Waals surface area contributed by atoms with Crippen LogP contribution < -0.4 is 0 Å². The number of thioether (sulfide) groups is 2. The third-order valence-corrected chi connectivity index (χ3v) is 4.41. The van der Waals surface area contributed by atoms with Gasteiger partial charge < -0.3 is 5.11 Å². The van der Waals surface area contributed by atoms with Crippen molar-refractivity contribution in [1.82, 2.24) is 20.2 Å². The van der Waals surface area contributed by atoms with E-state index in [1.807, 2.05) is 0 Å². The molecule has 0 saturated carbocycles. The molecule has 0 aliphatic rings. The molecule has 106 valence electrons. The number of carboxylic acids is 1. The molecule has 1 aromatic carbocycles. The van der Waals surface area contributed by atoms with Crippen LogP contribution in [0.15, 0.2) is 34.3 Å². The van der Waals surface area contributed by atoms with E-state index in [9.17, 15) is 9.18 Å². The minimum atomic E-state index is -0.986. The number of hydrogen-bond donors (Lipinski definition) is 1. The van der Waals surface area contributed by atoms with Crippen molar-refractivity contribution in [2.75, 3.05) is 11.5 Å². The second-order valence-corrected chi connectivity index (χ2v) is 5.89. The Morgan fingerprint density at radius 2 is 1.95 bits per heavy atom. The van der Waals surface area contributed by atoms with Crippen LogP contribution in [0.5, 0.6) is 0 Å². The smallest absolute Gasteiger partial charge is 0.325 e. The van der Waals surface area contributed by atoms with Gasteiger partial charge in [-0.1, -0.05) is 11.8 Å². The first-order valence-electron chi connectivity index (χ1n) is 5.64. The first kappa shape index (κ1) is 14.8. The average Bonchev–Trinajstić information content (AvgIpc) is 2.83. The number of aliphatic carboxylic acids is 1. The summed E-state index contributed by atoms with van der Waals surface area (Å²) in [5.41, 5.74) is 0. The fraction of sp³-hybridized carbons (Fsp3) is 0.273. The number of nitrogens with zero attached hydrogens (tertiary/aromatic N) is 4. The van der Waals surface area contributed by atoms with Crippen LogP contribution in [0, 0.1) is 5.82 Å². The SMILES string of the molecule is O=C(O)Cn1nnnc1SCCSc1ccc(F)cc1. The van der Waals surface area contributed by atoms with Crippen LogP contribution in [0.2, 0.25) is 0 Å². The fourth-order valence-electron chi connectivity index (χ4n) is 1.35. The van der Waals surface area contributed by atoms with E-state index < -0.39 is 5.97 Å². The van der Waals surface area contributed by atoms with Gasteiger partial charge in [-0.3, -0.25) is 4.79 Å². The molecular formula is C11H11FN4O2S2. The molecule has 0 spiro atoms. The molecule has 2 aromatic rings. The number of carboxylic acid groups (broad SMARTS) is 1. The highest BCUT2D eigenvalue weighted by molar-refractivity contribution is 8.02. The largest absolute Gasteiger partial charge is 0.480 e. The van der Waals surface area contributed by atoms with Crippen molar-refractivity contribution >= 4 is 29.5 Å². The number of aromatic nitrogens is 4. The number of benzene rings is 1. The first-order valence-corrected chi connectivity index (χ1v) is 7.61. The predicted molar refractivity (Wildman–Crippen MR) is 73.3 cm³/mol. The lowest BCUT2D eigenvalue weighted by molar-refractivity contribution is -0.138. The lowest BCUT2D eigenvalue weighted by Gasteiger charge is -2.02. The molecule has 0 aliphatic heterocycles. The molecule has 0 aliphatic carbocycles. The lowest BCUT2D eigenvalue weighted by Crippen LogP contribution is -2.11. The van der Waals surface area contributed by atoms with Crippen LogP contribution in [-0.2, 0) is 11.3 Å². The molecule has 0 unspecified atom stereocenters. The molecule has 1 N–H and O–H groups in total. The van der Waals surface area contributed by atoms with Gasteiger partial charge in [-0.25, -0.2) is 9.07 Å². The van der Waals surface area contributed by atoms with Crippen molar-refractivity contribution in [3.05, 3.63) is 30.1 Å². The Hall–Kier alpha value is -1.61. The Balaban J connectivity index is 1.77. The highest BCUT2D eigenvalue weighted by Crippen LogP contribution is 2.21. The van der Waals surface area contributed by atoms with Crippen molar-refractivity contribution < 1.29 is 14.3 Å². The average molecular weight is 314 g/mol. The maximum atomic E-state index is 12.7. The van der Waals surface area contributed by atoms with Gasteiger partial charge in [0.2, 0.25) is 5.16 Å². The van der Waals surface area contributed by atoms with Crippen LogP contribution in [-0.4, -0.2) is 42.8 Å². The van der Waals surface area contributed by atoms with Gasteiger partial charge in [0.25, 0.3) is 0 Å². The molecule has 0 amide bonds. The number of hydrogen-bond acceptors (Lipinski definition) is 6.